The highest BCUT2D eigenvalue weighted by atomic mass is 35.5. The summed E-state index contributed by atoms with van der Waals surface area (Å²) in [6, 6.07) is 4.82. The third kappa shape index (κ3) is 4.28. The summed E-state index contributed by atoms with van der Waals surface area (Å²) in [5, 5.41) is 9.72. The summed E-state index contributed by atoms with van der Waals surface area (Å²) in [6.45, 7) is 3.41. The minimum atomic E-state index is -0.0676. The van der Waals surface area contributed by atoms with E-state index in [4.69, 9.17) is 28.3 Å². The van der Waals surface area contributed by atoms with Crippen molar-refractivity contribution >= 4 is 29.0 Å². The van der Waals surface area contributed by atoms with Crippen LogP contribution in [-0.2, 0) is 0 Å². The fourth-order valence-corrected chi connectivity index (χ4v) is 2.01. The van der Waals surface area contributed by atoms with Gasteiger partial charge in [0, 0.05) is 17.1 Å². The number of aliphatic hydroxyl groups excluding tert-OH is 1. The molecule has 0 unspecified atom stereocenters. The summed E-state index contributed by atoms with van der Waals surface area (Å²) in [4.78, 5) is 13.8. The second-order valence-electron chi connectivity index (χ2n) is 3.64. The largest absolute Gasteiger partial charge is 0.395 e. The zero-order valence-electron chi connectivity index (χ0n) is 9.62. The van der Waals surface area contributed by atoms with Gasteiger partial charge in [0.25, 0.3) is 0 Å². The zero-order chi connectivity index (χ0) is 12.8. The molecule has 0 saturated carbocycles. The highest BCUT2D eigenvalue weighted by Crippen LogP contribution is 2.21. The smallest absolute Gasteiger partial charge is 0.178 e. The van der Waals surface area contributed by atoms with Crippen molar-refractivity contribution in [3.63, 3.8) is 0 Å². The predicted molar refractivity (Wildman–Crippen MR) is 70.0 cm³/mol. The number of likely N-dealkylation sites (N-methyl/N-ethyl adjacent to an activating group) is 1. The lowest BCUT2D eigenvalue weighted by atomic mass is 10.1. The molecule has 0 heterocycles. The van der Waals surface area contributed by atoms with Gasteiger partial charge in [-0.05, 0) is 24.7 Å². The third-order valence-electron chi connectivity index (χ3n) is 2.46. The van der Waals surface area contributed by atoms with Crippen LogP contribution in [0.15, 0.2) is 18.2 Å². The summed E-state index contributed by atoms with van der Waals surface area (Å²) in [6.07, 6.45) is 0. The molecule has 5 heteroatoms. The zero-order valence-corrected chi connectivity index (χ0v) is 11.1. The first-order chi connectivity index (χ1) is 8.08. The van der Waals surface area contributed by atoms with Crippen LogP contribution in [0.25, 0.3) is 0 Å². The van der Waals surface area contributed by atoms with Crippen molar-refractivity contribution in [2.24, 2.45) is 0 Å². The quantitative estimate of drug-likeness (QED) is 0.811. The molecule has 0 aliphatic heterocycles. The van der Waals surface area contributed by atoms with Crippen LogP contribution in [0, 0.1) is 0 Å². The average Bonchev–Trinajstić information content (AvgIpc) is 2.28. The van der Waals surface area contributed by atoms with E-state index >= 15 is 0 Å². The molecule has 0 spiro atoms. The van der Waals surface area contributed by atoms with Gasteiger partial charge in [-0.25, -0.2) is 0 Å². The van der Waals surface area contributed by atoms with Crippen LogP contribution in [0.4, 0.5) is 0 Å². The lowest BCUT2D eigenvalue weighted by molar-refractivity contribution is 0.0920. The molecule has 0 bridgehead atoms. The van der Waals surface area contributed by atoms with Crippen molar-refractivity contribution in [2.75, 3.05) is 26.2 Å². The average molecular weight is 276 g/mol. The van der Waals surface area contributed by atoms with Gasteiger partial charge < -0.3 is 5.11 Å². The highest BCUT2D eigenvalue weighted by molar-refractivity contribution is 6.36. The number of Topliss-reactive ketones (excluding diaryl/α,β-unsaturated/α-hetero) is 1. The molecule has 17 heavy (non-hydrogen) atoms. The molecule has 1 aromatic rings. The molecule has 1 aromatic carbocycles. The molecule has 0 aromatic heterocycles. The summed E-state index contributed by atoms with van der Waals surface area (Å²) in [5.74, 6) is -0.0676. The molecule has 0 aliphatic carbocycles. The van der Waals surface area contributed by atoms with Crippen LogP contribution in [0.5, 0.6) is 0 Å². The monoisotopic (exact) mass is 275 g/mol. The van der Waals surface area contributed by atoms with Gasteiger partial charge in [0.1, 0.15) is 0 Å². The van der Waals surface area contributed by atoms with Crippen molar-refractivity contribution in [3.05, 3.63) is 33.8 Å². The van der Waals surface area contributed by atoms with E-state index in [1.165, 1.54) is 0 Å². The molecule has 1 rings (SSSR count). The van der Waals surface area contributed by atoms with Crippen molar-refractivity contribution in [1.29, 1.82) is 0 Å². The van der Waals surface area contributed by atoms with E-state index in [0.717, 1.165) is 0 Å². The van der Waals surface area contributed by atoms with Gasteiger partial charge >= 0.3 is 0 Å². The molecule has 0 saturated heterocycles. The van der Waals surface area contributed by atoms with E-state index in [9.17, 15) is 4.79 Å². The number of ketones is 1. The van der Waals surface area contributed by atoms with Crippen LogP contribution < -0.4 is 0 Å². The maximum atomic E-state index is 12.0. The Kier molecular flexibility index (Phi) is 5.92. The van der Waals surface area contributed by atoms with Gasteiger partial charge in [-0.2, -0.15) is 0 Å². The van der Waals surface area contributed by atoms with E-state index in [-0.39, 0.29) is 18.9 Å². The van der Waals surface area contributed by atoms with Gasteiger partial charge in [0.15, 0.2) is 5.78 Å². The number of nitrogens with zero attached hydrogens (tertiary/aromatic N) is 1. The molecule has 1 N–H and O–H groups in total. The lowest BCUT2D eigenvalue weighted by Crippen LogP contribution is -2.32. The van der Waals surface area contributed by atoms with Crippen molar-refractivity contribution in [1.82, 2.24) is 4.90 Å². The minimum absolute atomic E-state index is 0.0372. The first-order valence-corrected chi connectivity index (χ1v) is 6.15. The Morgan fingerprint density at radius 1 is 1.41 bits per heavy atom. The first kappa shape index (κ1) is 14.5. The number of rotatable bonds is 6. The number of carbonyl (C=O) groups excluding carboxylic acids is 1. The fourth-order valence-electron chi connectivity index (χ4n) is 1.49. The van der Waals surface area contributed by atoms with Gasteiger partial charge in [0.05, 0.1) is 18.2 Å². The Bertz CT molecular complexity index is 396. The molecule has 0 atom stereocenters. The minimum Gasteiger partial charge on any atom is -0.395 e. The topological polar surface area (TPSA) is 40.5 Å². The fraction of sp³-hybridized carbons (Fsp3) is 0.417. The van der Waals surface area contributed by atoms with Crippen LogP contribution in [0.2, 0.25) is 10.0 Å². The number of benzene rings is 1. The third-order valence-corrected chi connectivity index (χ3v) is 3.01. The van der Waals surface area contributed by atoms with E-state index in [0.29, 0.717) is 28.7 Å². The van der Waals surface area contributed by atoms with Crippen LogP contribution in [0.1, 0.15) is 17.3 Å². The van der Waals surface area contributed by atoms with E-state index in [1.807, 2.05) is 11.8 Å². The summed E-state index contributed by atoms with van der Waals surface area (Å²) in [5.41, 5.74) is 0.465. The highest BCUT2D eigenvalue weighted by Gasteiger charge is 2.14. The number of aliphatic hydroxyl groups is 1. The number of carbonyl (C=O) groups is 1. The lowest BCUT2D eigenvalue weighted by Gasteiger charge is -2.18. The maximum absolute atomic E-state index is 12.0. The van der Waals surface area contributed by atoms with Gasteiger partial charge in [0.2, 0.25) is 0 Å². The van der Waals surface area contributed by atoms with Crippen molar-refractivity contribution in [3.8, 4) is 0 Å². The second kappa shape index (κ2) is 6.97. The van der Waals surface area contributed by atoms with Crippen LogP contribution in [-0.4, -0.2) is 42.0 Å². The number of hydrogen-bond donors (Lipinski definition) is 1. The van der Waals surface area contributed by atoms with Crippen LogP contribution in [0.3, 0.4) is 0 Å². The Morgan fingerprint density at radius 2 is 2.12 bits per heavy atom. The Labute approximate surface area is 111 Å². The van der Waals surface area contributed by atoms with Gasteiger partial charge in [-0.3, -0.25) is 9.69 Å². The Morgan fingerprint density at radius 3 is 2.65 bits per heavy atom. The maximum Gasteiger partial charge on any atom is 0.178 e. The molecule has 0 fully saturated rings. The van der Waals surface area contributed by atoms with Crippen LogP contribution >= 0.6 is 23.2 Å². The molecular weight excluding hydrogens is 261 g/mol. The second-order valence-corrected chi connectivity index (χ2v) is 4.48. The first-order valence-electron chi connectivity index (χ1n) is 5.40. The van der Waals surface area contributed by atoms with Crippen molar-refractivity contribution in [2.45, 2.75) is 6.92 Å². The van der Waals surface area contributed by atoms with Gasteiger partial charge in [-0.15, -0.1) is 0 Å². The van der Waals surface area contributed by atoms with Crippen molar-refractivity contribution < 1.29 is 9.90 Å². The molecular formula is C12H15Cl2NO2. The van der Waals surface area contributed by atoms with E-state index < -0.39 is 0 Å². The number of halogens is 2. The Balaban J connectivity index is 2.75. The standard InChI is InChI=1S/C12H15Cl2NO2/c1-2-15(5-6-16)8-12(17)10-4-3-9(13)7-11(10)14/h3-4,7,16H,2,5-6,8H2,1H3. The molecule has 94 valence electrons. The van der Waals surface area contributed by atoms with Gasteiger partial charge in [-0.1, -0.05) is 30.1 Å². The predicted octanol–water partition coefficient (Wildman–Crippen LogP) is 2.49. The molecule has 0 aliphatic rings. The normalized spacial score (nSPS) is 10.9. The Hall–Kier alpha value is -0.610. The summed E-state index contributed by atoms with van der Waals surface area (Å²) < 4.78 is 0. The molecule has 0 amide bonds. The molecule has 3 nitrogen and oxygen atoms in total. The summed E-state index contributed by atoms with van der Waals surface area (Å²) in [7, 11) is 0. The number of hydrogen-bond acceptors (Lipinski definition) is 3. The van der Waals surface area contributed by atoms with E-state index in [2.05, 4.69) is 0 Å². The summed E-state index contributed by atoms with van der Waals surface area (Å²) >= 11 is 11.7. The SMILES string of the molecule is CCN(CCO)CC(=O)c1ccc(Cl)cc1Cl. The van der Waals surface area contributed by atoms with E-state index in [1.54, 1.807) is 18.2 Å². The molecule has 0 radical (unpaired) electrons.